The lowest BCUT2D eigenvalue weighted by Gasteiger charge is -2.29. The molecule has 0 aromatic heterocycles. The molecule has 2 aromatic rings. The third kappa shape index (κ3) is 3.58. The van der Waals surface area contributed by atoms with Gasteiger partial charge in [-0.25, -0.2) is 0 Å². The molecular formula is C15H19ClN+. The number of rotatable bonds is 3. The fourth-order valence-electron chi connectivity index (χ4n) is 1.96. The molecule has 0 fully saturated rings. The molecule has 0 N–H and O–H groups in total. The number of halogens is 1. The van der Waals surface area contributed by atoms with Crippen molar-refractivity contribution in [3.8, 4) is 0 Å². The summed E-state index contributed by atoms with van der Waals surface area (Å²) in [5.41, 5.74) is 2.71. The smallest absolute Gasteiger partial charge is 0.132 e. The molecule has 0 aliphatic rings. The molecule has 0 saturated carbocycles. The van der Waals surface area contributed by atoms with Crippen LogP contribution in [0.4, 0.5) is 5.69 Å². The van der Waals surface area contributed by atoms with E-state index in [2.05, 4.69) is 74.8 Å². The van der Waals surface area contributed by atoms with E-state index in [4.69, 9.17) is 0 Å². The van der Waals surface area contributed by atoms with Crippen LogP contribution >= 0.6 is 12.4 Å². The van der Waals surface area contributed by atoms with Crippen LogP contribution in [0.2, 0.25) is 0 Å². The lowest BCUT2D eigenvalue weighted by atomic mass is 10.2. The normalized spacial score (nSPS) is 10.7. The average molecular weight is 249 g/mol. The zero-order valence-electron chi connectivity index (χ0n) is 10.3. The summed E-state index contributed by atoms with van der Waals surface area (Å²) in [5.74, 6) is 0. The highest BCUT2D eigenvalue weighted by Crippen LogP contribution is 2.21. The minimum absolute atomic E-state index is 0. The summed E-state index contributed by atoms with van der Waals surface area (Å²) < 4.78 is 0.880. The Morgan fingerprint density at radius 2 is 1.24 bits per heavy atom. The van der Waals surface area contributed by atoms with Crippen molar-refractivity contribution in [3.05, 3.63) is 66.2 Å². The van der Waals surface area contributed by atoms with Crippen LogP contribution in [0, 0.1) is 0 Å². The second-order valence-corrected chi connectivity index (χ2v) is 4.66. The molecule has 2 heteroatoms. The van der Waals surface area contributed by atoms with E-state index in [1.165, 1.54) is 11.3 Å². The number of hydrogen-bond acceptors (Lipinski definition) is 0. The highest BCUT2D eigenvalue weighted by molar-refractivity contribution is 5.85. The first-order chi connectivity index (χ1) is 7.68. The quantitative estimate of drug-likeness (QED) is 0.724. The highest BCUT2D eigenvalue weighted by atomic mass is 35.5. The van der Waals surface area contributed by atoms with Gasteiger partial charge in [-0.05, 0) is 12.1 Å². The second-order valence-electron chi connectivity index (χ2n) is 4.66. The van der Waals surface area contributed by atoms with Crippen molar-refractivity contribution < 1.29 is 0 Å². The minimum Gasteiger partial charge on any atom is -0.292 e. The van der Waals surface area contributed by atoms with Gasteiger partial charge in [0.1, 0.15) is 12.2 Å². The summed E-state index contributed by atoms with van der Waals surface area (Å²) in [5, 5.41) is 0. The van der Waals surface area contributed by atoms with Crippen molar-refractivity contribution in [1.82, 2.24) is 4.48 Å². The Hall–Kier alpha value is -1.31. The predicted octanol–water partition coefficient (Wildman–Crippen LogP) is 3.88. The van der Waals surface area contributed by atoms with Crippen molar-refractivity contribution in [2.75, 3.05) is 14.1 Å². The number of benzene rings is 2. The molecule has 1 nitrogen and oxygen atoms in total. The summed E-state index contributed by atoms with van der Waals surface area (Å²) >= 11 is 0. The van der Waals surface area contributed by atoms with Crippen LogP contribution < -0.4 is 4.48 Å². The Bertz CT molecular complexity index is 437. The molecule has 0 heterocycles. The molecular weight excluding hydrogens is 230 g/mol. The third-order valence-electron chi connectivity index (χ3n) is 2.88. The first kappa shape index (κ1) is 13.8. The van der Waals surface area contributed by atoms with Crippen LogP contribution in [0.5, 0.6) is 0 Å². The molecule has 0 radical (unpaired) electrons. The van der Waals surface area contributed by atoms with Crippen molar-refractivity contribution in [2.24, 2.45) is 0 Å². The number of quaternary nitrogens is 1. The minimum atomic E-state index is 0. The van der Waals surface area contributed by atoms with Crippen LogP contribution in [0.25, 0.3) is 0 Å². The molecule has 0 aliphatic carbocycles. The monoisotopic (exact) mass is 248 g/mol. The Morgan fingerprint density at radius 1 is 0.765 bits per heavy atom. The first-order valence-corrected chi connectivity index (χ1v) is 5.61. The van der Waals surface area contributed by atoms with E-state index in [-0.39, 0.29) is 12.4 Å². The molecule has 0 aliphatic heterocycles. The van der Waals surface area contributed by atoms with Crippen LogP contribution in [-0.2, 0) is 6.54 Å². The summed E-state index contributed by atoms with van der Waals surface area (Å²) in [4.78, 5) is 0. The molecule has 2 aromatic carbocycles. The van der Waals surface area contributed by atoms with E-state index in [0.717, 1.165) is 11.0 Å². The Labute approximate surface area is 110 Å². The van der Waals surface area contributed by atoms with Crippen molar-refractivity contribution >= 4 is 18.1 Å². The van der Waals surface area contributed by atoms with Gasteiger partial charge in [-0.1, -0.05) is 48.5 Å². The molecule has 0 atom stereocenters. The fraction of sp³-hybridized carbons (Fsp3) is 0.200. The lowest BCUT2D eigenvalue weighted by Crippen LogP contribution is -2.39. The SMILES string of the molecule is C[N+](C)(Cc1ccccc1)c1ccccc1.Cl. The van der Waals surface area contributed by atoms with Gasteiger partial charge in [0, 0.05) is 5.56 Å². The Balaban J connectivity index is 0.00000144. The number of para-hydroxylation sites is 1. The first-order valence-electron chi connectivity index (χ1n) is 5.61. The summed E-state index contributed by atoms with van der Waals surface area (Å²) in [6.45, 7) is 1.02. The van der Waals surface area contributed by atoms with Crippen LogP contribution in [0.3, 0.4) is 0 Å². The molecule has 0 amide bonds. The molecule has 0 unspecified atom stereocenters. The van der Waals surface area contributed by atoms with Gasteiger partial charge < -0.3 is 0 Å². The number of hydrogen-bond donors (Lipinski definition) is 0. The Kier molecular flexibility index (Phi) is 4.73. The van der Waals surface area contributed by atoms with E-state index in [9.17, 15) is 0 Å². The molecule has 17 heavy (non-hydrogen) atoms. The van der Waals surface area contributed by atoms with Gasteiger partial charge in [-0.2, -0.15) is 0 Å². The Morgan fingerprint density at radius 3 is 1.76 bits per heavy atom. The van der Waals surface area contributed by atoms with E-state index in [1.54, 1.807) is 0 Å². The topological polar surface area (TPSA) is 0 Å². The van der Waals surface area contributed by atoms with Crippen LogP contribution in [0.1, 0.15) is 5.56 Å². The van der Waals surface area contributed by atoms with E-state index >= 15 is 0 Å². The summed E-state index contributed by atoms with van der Waals surface area (Å²) in [6, 6.07) is 21.2. The van der Waals surface area contributed by atoms with E-state index < -0.39 is 0 Å². The zero-order chi connectivity index (χ0) is 11.4. The third-order valence-corrected chi connectivity index (χ3v) is 2.88. The van der Waals surface area contributed by atoms with Gasteiger partial charge in [0.15, 0.2) is 0 Å². The summed E-state index contributed by atoms with van der Waals surface area (Å²) in [6.07, 6.45) is 0. The van der Waals surface area contributed by atoms with Gasteiger partial charge in [-0.15, -0.1) is 12.4 Å². The predicted molar refractivity (Wildman–Crippen MR) is 77.5 cm³/mol. The van der Waals surface area contributed by atoms with Gasteiger partial charge >= 0.3 is 0 Å². The van der Waals surface area contributed by atoms with Crippen molar-refractivity contribution in [1.29, 1.82) is 0 Å². The second kappa shape index (κ2) is 5.85. The summed E-state index contributed by atoms with van der Waals surface area (Å²) in [7, 11) is 4.48. The standard InChI is InChI=1S/C15H18N.ClH/c1-16(2,15-11-7-4-8-12-15)13-14-9-5-3-6-10-14;/h3-12H,13H2,1-2H3;1H/q+1;. The molecule has 0 spiro atoms. The highest BCUT2D eigenvalue weighted by Gasteiger charge is 2.18. The maximum Gasteiger partial charge on any atom is 0.132 e. The molecule has 0 saturated heterocycles. The molecule has 0 bridgehead atoms. The maximum atomic E-state index is 2.24. The van der Waals surface area contributed by atoms with Crippen molar-refractivity contribution in [2.45, 2.75) is 6.54 Å². The fourth-order valence-corrected chi connectivity index (χ4v) is 1.96. The van der Waals surface area contributed by atoms with Crippen molar-refractivity contribution in [3.63, 3.8) is 0 Å². The maximum absolute atomic E-state index is 2.24. The van der Waals surface area contributed by atoms with Gasteiger partial charge in [0.2, 0.25) is 0 Å². The largest absolute Gasteiger partial charge is 0.292 e. The molecule has 90 valence electrons. The zero-order valence-corrected chi connectivity index (χ0v) is 11.2. The van der Waals surface area contributed by atoms with E-state index in [1.807, 2.05) is 0 Å². The molecule has 2 rings (SSSR count). The van der Waals surface area contributed by atoms with Crippen LogP contribution in [0.15, 0.2) is 60.7 Å². The van der Waals surface area contributed by atoms with Gasteiger partial charge in [0.05, 0.1) is 14.1 Å². The van der Waals surface area contributed by atoms with E-state index in [0.29, 0.717) is 0 Å². The van der Waals surface area contributed by atoms with Gasteiger partial charge in [-0.3, -0.25) is 4.48 Å². The lowest BCUT2D eigenvalue weighted by molar-refractivity contribution is 0.392. The number of nitrogens with zero attached hydrogens (tertiary/aromatic N) is 1. The average Bonchev–Trinajstić information content (AvgIpc) is 2.31. The van der Waals surface area contributed by atoms with Crippen LogP contribution in [-0.4, -0.2) is 14.1 Å². The van der Waals surface area contributed by atoms with Gasteiger partial charge in [0.25, 0.3) is 0 Å².